The van der Waals surface area contributed by atoms with Gasteiger partial charge in [0.1, 0.15) is 57.3 Å². The van der Waals surface area contributed by atoms with E-state index in [4.69, 9.17) is 42.6 Å². The van der Waals surface area contributed by atoms with Crippen LogP contribution in [0.3, 0.4) is 0 Å². The van der Waals surface area contributed by atoms with Crippen molar-refractivity contribution < 1.29 is 27.8 Å². The Hall–Kier alpha value is -8.62. The fourth-order valence-electron chi connectivity index (χ4n) is 11.3. The molecule has 4 aliphatic heterocycles. The Kier molecular flexibility index (Phi) is 14.9. The number of hydrogen-bond acceptors (Lipinski definition) is 14. The van der Waals surface area contributed by atoms with Crippen LogP contribution in [-0.4, -0.2) is 125 Å². The first-order valence-electron chi connectivity index (χ1n) is 26.8. The van der Waals surface area contributed by atoms with E-state index < -0.39 is 23.0 Å². The van der Waals surface area contributed by atoms with Gasteiger partial charge in [-0.2, -0.15) is 9.97 Å². The van der Waals surface area contributed by atoms with Gasteiger partial charge in [0.15, 0.2) is 22.8 Å². The molecule has 420 valence electrons. The quantitative estimate of drug-likeness (QED) is 0.131. The average molecular weight is 1150 g/mol. The number of aryl methyl sites for hydroxylation is 2. The van der Waals surface area contributed by atoms with Gasteiger partial charge in [0.05, 0.1) is 46.2 Å². The van der Waals surface area contributed by atoms with E-state index in [1.165, 1.54) is 33.4 Å². The summed E-state index contributed by atoms with van der Waals surface area (Å²) in [5, 5.41) is 1.11. The van der Waals surface area contributed by atoms with E-state index in [-0.39, 0.29) is 104 Å². The van der Waals surface area contributed by atoms with Crippen molar-refractivity contribution in [1.29, 1.82) is 0 Å². The lowest BCUT2D eigenvalue weighted by molar-refractivity contribution is -0.127. The number of anilines is 2. The minimum absolute atomic E-state index is 0.0175. The third-order valence-electron chi connectivity index (χ3n) is 15.2. The first-order chi connectivity index (χ1) is 39.4. The van der Waals surface area contributed by atoms with E-state index in [1.54, 1.807) is 58.6 Å². The monoisotopic (exact) mass is 1150 g/mol. The summed E-state index contributed by atoms with van der Waals surface area (Å²) in [6.45, 7) is 21.6. The van der Waals surface area contributed by atoms with E-state index in [0.717, 1.165) is 11.1 Å². The number of carbonyl (C=O) groups excluding carboxylic acids is 2. The van der Waals surface area contributed by atoms with E-state index >= 15 is 8.78 Å². The molecule has 4 aliphatic rings. The predicted molar refractivity (Wildman–Crippen MR) is 311 cm³/mol. The zero-order valence-corrected chi connectivity index (χ0v) is 47.3. The van der Waals surface area contributed by atoms with Crippen molar-refractivity contribution >= 4 is 68.7 Å². The van der Waals surface area contributed by atoms with Crippen LogP contribution in [0.2, 0.25) is 10.0 Å². The Bertz CT molecular complexity index is 3840. The largest absolute Gasteiger partial charge is 0.489 e. The summed E-state index contributed by atoms with van der Waals surface area (Å²) >= 11 is 13.9. The van der Waals surface area contributed by atoms with Gasteiger partial charge in [-0.15, -0.1) is 0 Å². The first-order valence-corrected chi connectivity index (χ1v) is 27.5. The van der Waals surface area contributed by atoms with Crippen LogP contribution >= 0.6 is 23.2 Å². The molecule has 22 heteroatoms. The van der Waals surface area contributed by atoms with Crippen LogP contribution in [0.4, 0.5) is 20.4 Å². The van der Waals surface area contributed by atoms with Crippen LogP contribution in [0.15, 0.2) is 108 Å². The van der Waals surface area contributed by atoms with Crippen molar-refractivity contribution in [2.24, 2.45) is 0 Å². The van der Waals surface area contributed by atoms with Crippen molar-refractivity contribution in [3.8, 4) is 45.4 Å². The topological polar surface area (TPSA) is 187 Å². The third kappa shape index (κ3) is 9.45. The number of nitrogens with zero attached hydrogens (tertiary/aromatic N) is 12. The molecule has 2 amide bonds. The average Bonchev–Trinajstić information content (AvgIpc) is 2.18. The summed E-state index contributed by atoms with van der Waals surface area (Å²) in [7, 11) is 0. The Morgan fingerprint density at radius 1 is 0.610 bits per heavy atom. The molecule has 2 fully saturated rings. The van der Waals surface area contributed by atoms with Crippen LogP contribution in [0, 0.1) is 25.5 Å². The van der Waals surface area contributed by atoms with Gasteiger partial charge in [0.25, 0.3) is 0 Å². The first kappa shape index (κ1) is 55.3. The molecule has 0 saturated carbocycles. The zero-order valence-electron chi connectivity index (χ0n) is 45.8. The van der Waals surface area contributed by atoms with Crippen LogP contribution in [0.5, 0.6) is 11.5 Å². The molecular formula is C60H56Cl2F2N12O6. The number of halogens is 4. The Labute approximate surface area is 479 Å². The highest BCUT2D eigenvalue weighted by Gasteiger charge is 2.40. The maximum atomic E-state index is 15.1. The number of benzene rings is 2. The lowest BCUT2D eigenvalue weighted by Crippen LogP contribution is -2.56. The summed E-state index contributed by atoms with van der Waals surface area (Å²) in [5.41, 5.74) is 4.12. The number of carbonyl (C=O) groups is 2. The predicted octanol–water partition coefficient (Wildman–Crippen LogP) is 9.33. The number of aromatic nitrogens is 8. The molecule has 82 heavy (non-hydrogen) atoms. The van der Waals surface area contributed by atoms with Crippen molar-refractivity contribution in [3.63, 3.8) is 0 Å². The Balaban J connectivity index is 0.000000172. The number of fused-ring (bicyclic) bond motifs is 4. The van der Waals surface area contributed by atoms with Crippen molar-refractivity contribution in [3.05, 3.63) is 164 Å². The van der Waals surface area contributed by atoms with E-state index in [1.807, 2.05) is 63.5 Å². The van der Waals surface area contributed by atoms with Gasteiger partial charge in [0, 0.05) is 62.8 Å². The summed E-state index contributed by atoms with van der Waals surface area (Å²) in [5.74, 6) is -0.178. The molecule has 0 spiro atoms. The molecule has 18 nitrogen and oxygen atoms in total. The van der Waals surface area contributed by atoms with Gasteiger partial charge in [-0.1, -0.05) is 88.3 Å². The summed E-state index contributed by atoms with van der Waals surface area (Å²) < 4.78 is 45.8. The Morgan fingerprint density at radius 3 is 1.37 bits per heavy atom. The van der Waals surface area contributed by atoms with Crippen molar-refractivity contribution in [2.75, 3.05) is 62.3 Å². The number of hydrogen-bond donors (Lipinski definition) is 0. The molecule has 0 N–H and O–H groups in total. The normalized spacial score (nSPS) is 16.4. The van der Waals surface area contributed by atoms with E-state index in [0.29, 0.717) is 84.4 Å². The molecule has 0 bridgehead atoms. The maximum Gasteiger partial charge on any atom is 0.355 e. The van der Waals surface area contributed by atoms with Gasteiger partial charge in [-0.25, -0.2) is 37.5 Å². The maximum absolute atomic E-state index is 15.1. The van der Waals surface area contributed by atoms with Gasteiger partial charge in [-0.3, -0.25) is 19.6 Å². The zero-order chi connectivity index (χ0) is 58.0. The molecule has 0 aliphatic carbocycles. The molecule has 12 rings (SSSR count). The summed E-state index contributed by atoms with van der Waals surface area (Å²) in [6.07, 6.45) is 5.97. The van der Waals surface area contributed by atoms with Gasteiger partial charge in [-0.05, 0) is 85.4 Å². The summed E-state index contributed by atoms with van der Waals surface area (Å²) in [4.78, 5) is 88.2. The Morgan fingerprint density at radius 2 is 1.00 bits per heavy atom. The second-order valence-electron chi connectivity index (χ2n) is 21.0. The van der Waals surface area contributed by atoms with Gasteiger partial charge < -0.3 is 29.1 Å². The summed E-state index contributed by atoms with van der Waals surface area (Å²) in [6, 6.07) is 15.4. The number of amides is 2. The highest BCUT2D eigenvalue weighted by Crippen LogP contribution is 2.48. The molecule has 6 aromatic heterocycles. The van der Waals surface area contributed by atoms with Crippen LogP contribution in [-0.2, 0) is 9.59 Å². The minimum Gasteiger partial charge on any atom is -0.489 e. The van der Waals surface area contributed by atoms with E-state index in [2.05, 4.69) is 33.1 Å². The highest BCUT2D eigenvalue weighted by atomic mass is 35.5. The molecule has 2 saturated heterocycles. The van der Waals surface area contributed by atoms with Crippen LogP contribution < -0.4 is 30.7 Å². The number of pyridine rings is 4. The van der Waals surface area contributed by atoms with Crippen LogP contribution in [0.1, 0.15) is 62.0 Å². The number of ether oxygens (including phenoxy) is 2. The standard InChI is InChI=1S/2C30H28ClFN6O3/c2*1-5-21(39)36-12-13-37-18(14-36)15-41-27-22-28(37)35-30(40)38(26-17(4)10-11-33-24(26)16(2)3)29(22)34-25(23(27)31)19-8-6-7-9-20(19)32/h2*5-11,16,18H,1,12-15H2,2-4H3/t2*18-/m00/s1. The smallest absolute Gasteiger partial charge is 0.355 e. The van der Waals surface area contributed by atoms with Crippen molar-refractivity contribution in [1.82, 2.24) is 48.8 Å². The molecular weight excluding hydrogens is 1090 g/mol. The van der Waals surface area contributed by atoms with E-state index in [9.17, 15) is 19.2 Å². The second kappa shape index (κ2) is 22.0. The second-order valence-corrected chi connectivity index (χ2v) is 21.8. The lowest BCUT2D eigenvalue weighted by atomic mass is 10.0. The molecule has 0 unspecified atom stereocenters. The van der Waals surface area contributed by atoms with Crippen LogP contribution in [0.25, 0.3) is 56.0 Å². The third-order valence-corrected chi connectivity index (χ3v) is 15.9. The highest BCUT2D eigenvalue weighted by molar-refractivity contribution is 6.36. The number of rotatable bonds is 8. The molecule has 2 atom stereocenters. The molecule has 0 radical (unpaired) electrons. The molecule has 2 aromatic carbocycles. The fourth-order valence-corrected chi connectivity index (χ4v) is 11.8. The lowest BCUT2D eigenvalue weighted by Gasteiger charge is -2.40. The van der Waals surface area contributed by atoms with Gasteiger partial charge >= 0.3 is 11.4 Å². The molecule has 8 aromatic rings. The number of piperazine rings is 2. The van der Waals surface area contributed by atoms with Crippen molar-refractivity contribution in [2.45, 2.75) is 65.5 Å². The molecule has 10 heterocycles. The SMILES string of the molecule is C=CC(=O)N1CCN2c3nc(=O)n(-c4c(C)ccnc4C(C)C)c4nc(-c5ccccc5F)c(Cl)c(c34)OC[C@@H]2C1.C=CC(=O)N1CCN2c3nc(=O)n(-c4c(C)ccnc4C(C)C)c4nc(-c5ccccc5F)c(Cl)c(c34)OC[C@@H]2C1. The minimum atomic E-state index is -0.559. The van der Waals surface area contributed by atoms with Gasteiger partial charge in [0.2, 0.25) is 11.8 Å². The fraction of sp³-hybridized carbons (Fsp3) is 0.300.